The van der Waals surface area contributed by atoms with Crippen LogP contribution in [0, 0.1) is 62.6 Å². The molecule has 0 spiro atoms. The minimum atomic E-state index is -0.675. The maximum Gasteiger partial charge on any atom is 0.373 e. The highest BCUT2D eigenvalue weighted by atomic mass is 16.5. The minimum Gasteiger partial charge on any atom is -0.462 e. The summed E-state index contributed by atoms with van der Waals surface area (Å²) in [7, 11) is 4.20. The Morgan fingerprint density at radius 2 is 1.52 bits per heavy atom. The van der Waals surface area contributed by atoms with Gasteiger partial charge in [0.2, 0.25) is 0 Å². The highest BCUT2D eigenvalue weighted by molar-refractivity contribution is 6.02. The van der Waals surface area contributed by atoms with E-state index in [0.717, 1.165) is 113 Å². The first-order valence-corrected chi connectivity index (χ1v) is 27.9. The Labute approximate surface area is 436 Å². The van der Waals surface area contributed by atoms with Crippen LogP contribution in [0.1, 0.15) is 157 Å². The van der Waals surface area contributed by atoms with E-state index >= 15 is 4.79 Å². The molecule has 3 aromatic rings. The topological polar surface area (TPSA) is 131 Å². The number of carbonyl (C=O) groups is 3. The molecule has 0 radical (unpaired) electrons. The van der Waals surface area contributed by atoms with Crippen LogP contribution in [-0.2, 0) is 36.9 Å². The summed E-state index contributed by atoms with van der Waals surface area (Å²) in [6.45, 7) is 23.9. The lowest BCUT2D eigenvalue weighted by atomic mass is 9.33. The molecule has 7 aliphatic rings. The van der Waals surface area contributed by atoms with Crippen LogP contribution in [0.5, 0.6) is 0 Å². The molecule has 6 aliphatic carbocycles. The monoisotopic (exact) mass is 996 g/mol. The van der Waals surface area contributed by atoms with Gasteiger partial charge in [0.15, 0.2) is 5.78 Å². The molecule has 0 unspecified atom stereocenters. The molecule has 11 nitrogen and oxygen atoms in total. The molecule has 2 amide bonds. The van der Waals surface area contributed by atoms with Gasteiger partial charge in [0.1, 0.15) is 11.9 Å². The zero-order valence-corrected chi connectivity index (χ0v) is 46.0. The summed E-state index contributed by atoms with van der Waals surface area (Å²) in [5.74, 6) is 2.89. The van der Waals surface area contributed by atoms with Crippen molar-refractivity contribution in [1.82, 2.24) is 24.7 Å². The Hall–Kier alpha value is -4.86. The van der Waals surface area contributed by atoms with Crippen LogP contribution in [0.15, 0.2) is 78.0 Å². The molecule has 2 heterocycles. The number of urea groups is 1. The molecule has 2 aromatic carbocycles. The van der Waals surface area contributed by atoms with Gasteiger partial charge in [0.25, 0.3) is 0 Å². The maximum atomic E-state index is 15.1. The number of hydrogen-bond acceptors (Lipinski definition) is 8. The lowest BCUT2D eigenvalue weighted by Gasteiger charge is -2.72. The van der Waals surface area contributed by atoms with Crippen molar-refractivity contribution < 1.29 is 28.7 Å². The third kappa shape index (κ3) is 8.78. The van der Waals surface area contributed by atoms with E-state index in [9.17, 15) is 9.59 Å². The van der Waals surface area contributed by atoms with Gasteiger partial charge in [-0.15, -0.1) is 0 Å². The number of nitrogens with one attached hydrogen (secondary N) is 1. The van der Waals surface area contributed by atoms with Crippen LogP contribution in [0.3, 0.4) is 0 Å². The van der Waals surface area contributed by atoms with Crippen molar-refractivity contribution >= 4 is 23.9 Å². The van der Waals surface area contributed by atoms with Gasteiger partial charge < -0.3 is 24.4 Å². The number of rotatable bonds is 11. The number of likely N-dealkylation sites (tertiary alicyclic amines) is 1. The standard InChI is InChI=1S/C61H85N5O4.CO2/c1-39(2)51-47(67)37-61(63-55(69)66-32-18-23-45(66)53-62-38-46(41-21-16-13-17-22-41)65(53)34-33-64(10)11)31-30-59(8)43(52(51)61)24-25-49-58(7)28-27-50(57(5,6)48(58)26-29-60(49,59)9)70-54(68)44-36-42(56(44,3)4)35-40-19-14-12-15-20-40;2-1-3/h12-17,19-22,38-39,42-45,48-50H,18,23-37H2,1-11H3,(H,63,69);/t42-,43-,44-,45+,48+,49-,50+,58+,59-,60-,61-;/m1./s1. The van der Waals surface area contributed by atoms with Gasteiger partial charge in [-0.3, -0.25) is 9.59 Å². The maximum absolute atomic E-state index is 15.1. The van der Waals surface area contributed by atoms with Crippen LogP contribution in [0.25, 0.3) is 11.3 Å². The van der Waals surface area contributed by atoms with Crippen molar-refractivity contribution in [2.75, 3.05) is 27.2 Å². The number of imidazole rings is 1. The number of nitrogens with zero attached hydrogens (tertiary/aromatic N) is 4. The lowest BCUT2D eigenvalue weighted by Crippen LogP contribution is -2.67. The van der Waals surface area contributed by atoms with Crippen LogP contribution >= 0.6 is 0 Å². The molecular formula is C62H85N5O6. The van der Waals surface area contributed by atoms with Crippen LogP contribution < -0.4 is 5.32 Å². The third-order valence-corrected chi connectivity index (χ3v) is 21.6. The lowest BCUT2D eigenvalue weighted by molar-refractivity contribution is -0.235. The van der Waals surface area contributed by atoms with Crippen LogP contribution in [0.2, 0.25) is 0 Å². The predicted molar refractivity (Wildman–Crippen MR) is 284 cm³/mol. The quantitative estimate of drug-likeness (QED) is 0.188. The molecule has 11 heteroatoms. The molecule has 6 fully saturated rings. The minimum absolute atomic E-state index is 0.0199. The zero-order chi connectivity index (χ0) is 52.5. The average Bonchev–Trinajstić information content (AvgIpc) is 4.07. The van der Waals surface area contributed by atoms with Gasteiger partial charge in [-0.1, -0.05) is 123 Å². The number of hydrogen-bond donors (Lipinski definition) is 1. The molecule has 394 valence electrons. The Bertz CT molecular complexity index is 2610. The highest BCUT2D eigenvalue weighted by Gasteiger charge is 2.71. The van der Waals surface area contributed by atoms with Gasteiger partial charge in [-0.05, 0) is 165 Å². The molecule has 5 saturated carbocycles. The van der Waals surface area contributed by atoms with E-state index in [1.165, 1.54) is 11.1 Å². The number of ether oxygens (including phenoxy) is 1. The first kappa shape index (κ1) is 53.0. The summed E-state index contributed by atoms with van der Waals surface area (Å²) in [4.78, 5) is 69.4. The molecular weight excluding hydrogens is 911 g/mol. The normalized spacial score (nSPS) is 34.9. The fraction of sp³-hybridized carbons (Fsp3) is 0.661. The first-order valence-electron chi connectivity index (χ1n) is 27.9. The van der Waals surface area contributed by atoms with E-state index in [1.807, 2.05) is 17.2 Å². The number of likely N-dealkylation sites (N-methyl/N-ethyl adjacent to an activating group) is 1. The second-order valence-electron chi connectivity index (χ2n) is 26.2. The van der Waals surface area contributed by atoms with E-state index < -0.39 is 5.54 Å². The predicted octanol–water partition coefficient (Wildman–Crippen LogP) is 11.9. The van der Waals surface area contributed by atoms with Gasteiger partial charge in [-0.25, -0.2) is 9.78 Å². The number of carbonyl (C=O) groups excluding carboxylic acids is 5. The summed E-state index contributed by atoms with van der Waals surface area (Å²) >= 11 is 0. The highest BCUT2D eigenvalue weighted by Crippen LogP contribution is 2.76. The smallest absolute Gasteiger partial charge is 0.373 e. The first-order chi connectivity index (χ1) is 34.6. The number of amides is 2. The second kappa shape index (κ2) is 19.7. The summed E-state index contributed by atoms with van der Waals surface area (Å²) in [5, 5.41) is 3.73. The summed E-state index contributed by atoms with van der Waals surface area (Å²) in [6.07, 6.45) is 14.4. The number of aromatic nitrogens is 2. The largest absolute Gasteiger partial charge is 0.462 e. The Kier molecular flexibility index (Phi) is 14.3. The molecule has 11 atom stereocenters. The number of ketones is 1. The molecule has 1 N–H and O–H groups in total. The van der Waals surface area contributed by atoms with Gasteiger partial charge in [0.05, 0.1) is 29.4 Å². The molecule has 73 heavy (non-hydrogen) atoms. The van der Waals surface area contributed by atoms with E-state index in [0.29, 0.717) is 30.7 Å². The summed E-state index contributed by atoms with van der Waals surface area (Å²) in [6, 6.07) is 21.0. The van der Waals surface area contributed by atoms with E-state index in [4.69, 9.17) is 19.3 Å². The molecule has 10 rings (SSSR count). The molecule has 0 bridgehead atoms. The van der Waals surface area contributed by atoms with Crippen molar-refractivity contribution in [3.05, 3.63) is 89.4 Å². The number of fused-ring (bicyclic) bond motifs is 7. The van der Waals surface area contributed by atoms with Crippen LogP contribution in [0.4, 0.5) is 4.79 Å². The van der Waals surface area contributed by atoms with Crippen molar-refractivity contribution in [2.24, 2.45) is 62.6 Å². The van der Waals surface area contributed by atoms with Crippen LogP contribution in [-0.4, -0.2) is 82.1 Å². The van der Waals surface area contributed by atoms with Gasteiger partial charge >= 0.3 is 18.2 Å². The fourth-order valence-electron chi connectivity index (χ4n) is 17.4. The summed E-state index contributed by atoms with van der Waals surface area (Å²) in [5.41, 5.74) is 5.05. The van der Waals surface area contributed by atoms with E-state index in [-0.39, 0.29) is 80.9 Å². The van der Waals surface area contributed by atoms with Gasteiger partial charge in [0, 0.05) is 31.5 Å². The van der Waals surface area contributed by atoms with Crippen molar-refractivity contribution in [2.45, 2.75) is 170 Å². The Morgan fingerprint density at radius 3 is 2.18 bits per heavy atom. The van der Waals surface area contributed by atoms with E-state index in [2.05, 4.69) is 146 Å². The number of allylic oxidation sites excluding steroid dienone is 1. The Balaban J connectivity index is 0.00000214. The van der Waals surface area contributed by atoms with Crippen molar-refractivity contribution in [1.29, 1.82) is 0 Å². The van der Waals surface area contributed by atoms with E-state index in [1.54, 1.807) is 0 Å². The summed E-state index contributed by atoms with van der Waals surface area (Å²) < 4.78 is 9.07. The molecule has 1 saturated heterocycles. The number of Topliss-reactive ketones (excluding diaryl/α,β-unsaturated/α-hetero) is 1. The zero-order valence-electron chi connectivity index (χ0n) is 46.0. The number of benzene rings is 2. The van der Waals surface area contributed by atoms with Crippen molar-refractivity contribution in [3.8, 4) is 11.3 Å². The fourth-order valence-corrected chi connectivity index (χ4v) is 17.4. The van der Waals surface area contributed by atoms with Gasteiger partial charge in [-0.2, -0.15) is 9.59 Å². The molecule has 1 aromatic heterocycles. The molecule has 1 aliphatic heterocycles. The van der Waals surface area contributed by atoms with Crippen molar-refractivity contribution in [3.63, 3.8) is 0 Å². The third-order valence-electron chi connectivity index (χ3n) is 21.6. The SMILES string of the molecule is CC(C)C1=C2[C@H]3CC[C@@H]4[C@@]5(C)CC[C@H](OC(=O)[C@H]6C[C@@H](Cc7ccccc7)C6(C)C)C(C)(C)[C@@H]5CC[C@@]4(C)[C@]3(C)CC[C@@]2(NC(=O)N2CCC[C@H]2c2ncc(-c3ccccc3)n2CCN(C)C)CC1=O.O=C=O. The average molecular weight is 996 g/mol. The number of esters is 1. The Morgan fingerprint density at radius 1 is 0.836 bits per heavy atom. The second-order valence-corrected chi connectivity index (χ2v) is 26.2.